The van der Waals surface area contributed by atoms with Gasteiger partial charge < -0.3 is 15.5 Å². The van der Waals surface area contributed by atoms with Crippen LogP contribution in [0.3, 0.4) is 0 Å². The minimum atomic E-state index is -0.481. The predicted octanol–water partition coefficient (Wildman–Crippen LogP) is 1.74. The van der Waals surface area contributed by atoms with Crippen molar-refractivity contribution in [2.24, 2.45) is 5.92 Å². The van der Waals surface area contributed by atoms with Crippen LogP contribution in [-0.2, 0) is 4.79 Å². The van der Waals surface area contributed by atoms with E-state index in [1.54, 1.807) is 11.0 Å². The molecule has 2 amide bonds. The topological polar surface area (TPSA) is 61.4 Å². The summed E-state index contributed by atoms with van der Waals surface area (Å²) in [7, 11) is 1.83. The molecule has 1 aromatic heterocycles. The van der Waals surface area contributed by atoms with Crippen molar-refractivity contribution in [2.45, 2.75) is 32.4 Å². The Morgan fingerprint density at radius 3 is 2.68 bits per heavy atom. The zero-order valence-corrected chi connectivity index (χ0v) is 14.8. The number of amides is 2. The summed E-state index contributed by atoms with van der Waals surface area (Å²) in [5.74, 6) is -0.128. The van der Waals surface area contributed by atoms with E-state index in [0.29, 0.717) is 4.88 Å². The molecule has 1 aliphatic heterocycles. The highest BCUT2D eigenvalue weighted by atomic mass is 35.5. The maximum absolute atomic E-state index is 12.7. The Morgan fingerprint density at radius 2 is 2.18 bits per heavy atom. The van der Waals surface area contributed by atoms with Crippen LogP contribution in [0, 0.1) is 5.92 Å². The summed E-state index contributed by atoms with van der Waals surface area (Å²) < 4.78 is 0. The van der Waals surface area contributed by atoms with Crippen LogP contribution in [0.5, 0.6) is 0 Å². The summed E-state index contributed by atoms with van der Waals surface area (Å²) in [5.41, 5.74) is 0. The smallest absolute Gasteiger partial charge is 0.262 e. The van der Waals surface area contributed by atoms with Gasteiger partial charge in [0.1, 0.15) is 6.04 Å². The first-order chi connectivity index (χ1) is 10.0. The van der Waals surface area contributed by atoms with Gasteiger partial charge in [-0.2, -0.15) is 0 Å². The van der Waals surface area contributed by atoms with Crippen LogP contribution in [0.2, 0.25) is 0 Å². The molecule has 0 bridgehead atoms. The standard InChI is InChI=1S/C15H23N3O2S.ClH/c1-10(2)13(17-14(19)12-5-4-8-21-12)15(20)18(3)11-6-7-16-9-11;/h4-5,8,10-11,13,16H,6-7,9H2,1-3H3,(H,17,19);1H. The number of hydrogen-bond acceptors (Lipinski definition) is 4. The first kappa shape index (κ1) is 18.9. The lowest BCUT2D eigenvalue weighted by Crippen LogP contribution is -2.53. The number of carbonyl (C=O) groups excluding carboxylic acids is 2. The second kappa shape index (κ2) is 8.50. The Labute approximate surface area is 141 Å². The lowest BCUT2D eigenvalue weighted by Gasteiger charge is -2.30. The Hall–Kier alpha value is -1.11. The molecule has 5 nitrogen and oxygen atoms in total. The maximum atomic E-state index is 12.7. The zero-order chi connectivity index (χ0) is 15.4. The summed E-state index contributed by atoms with van der Waals surface area (Å²) in [4.78, 5) is 27.3. The van der Waals surface area contributed by atoms with Crippen molar-refractivity contribution in [3.63, 3.8) is 0 Å². The molecule has 124 valence electrons. The van der Waals surface area contributed by atoms with E-state index in [0.717, 1.165) is 19.5 Å². The number of rotatable bonds is 5. The van der Waals surface area contributed by atoms with Crippen LogP contribution < -0.4 is 10.6 Å². The molecular formula is C15H24ClN3O2S. The van der Waals surface area contributed by atoms with Gasteiger partial charge in [0.2, 0.25) is 5.91 Å². The molecule has 2 atom stereocenters. The number of hydrogen-bond donors (Lipinski definition) is 2. The maximum Gasteiger partial charge on any atom is 0.262 e. The Morgan fingerprint density at radius 1 is 1.45 bits per heavy atom. The summed E-state index contributed by atoms with van der Waals surface area (Å²) in [6.07, 6.45) is 0.964. The molecule has 2 N–H and O–H groups in total. The molecule has 0 saturated carbocycles. The molecule has 7 heteroatoms. The molecule has 0 spiro atoms. The van der Waals surface area contributed by atoms with E-state index < -0.39 is 6.04 Å². The fraction of sp³-hybridized carbons (Fsp3) is 0.600. The minimum absolute atomic E-state index is 0. The average Bonchev–Trinajstić information content (AvgIpc) is 3.14. The van der Waals surface area contributed by atoms with Crippen LogP contribution >= 0.6 is 23.7 Å². The third kappa shape index (κ3) is 4.44. The highest BCUT2D eigenvalue weighted by molar-refractivity contribution is 7.12. The minimum Gasteiger partial charge on any atom is -0.340 e. The molecule has 2 rings (SSSR count). The molecule has 2 unspecified atom stereocenters. The van der Waals surface area contributed by atoms with Gasteiger partial charge in [0.25, 0.3) is 5.91 Å². The first-order valence-electron chi connectivity index (χ1n) is 7.32. The third-order valence-corrected chi connectivity index (χ3v) is 4.76. The number of thiophene rings is 1. The highest BCUT2D eigenvalue weighted by Gasteiger charge is 2.31. The normalized spacial score (nSPS) is 18.6. The number of nitrogens with one attached hydrogen (secondary N) is 2. The quantitative estimate of drug-likeness (QED) is 0.854. The van der Waals surface area contributed by atoms with Gasteiger partial charge in [-0.3, -0.25) is 9.59 Å². The molecule has 1 saturated heterocycles. The lowest BCUT2D eigenvalue weighted by molar-refractivity contribution is -0.134. The van der Waals surface area contributed by atoms with Gasteiger partial charge in [-0.15, -0.1) is 23.7 Å². The molecule has 22 heavy (non-hydrogen) atoms. The van der Waals surface area contributed by atoms with Crippen molar-refractivity contribution in [1.82, 2.24) is 15.5 Å². The van der Waals surface area contributed by atoms with Crippen LogP contribution in [0.4, 0.5) is 0 Å². The molecule has 1 fully saturated rings. The van der Waals surface area contributed by atoms with Gasteiger partial charge in [0.05, 0.1) is 4.88 Å². The number of carbonyl (C=O) groups is 2. The van der Waals surface area contributed by atoms with E-state index in [1.165, 1.54) is 11.3 Å². The van der Waals surface area contributed by atoms with Crippen molar-refractivity contribution < 1.29 is 9.59 Å². The lowest BCUT2D eigenvalue weighted by atomic mass is 10.0. The predicted molar refractivity (Wildman–Crippen MR) is 91.7 cm³/mol. The van der Waals surface area contributed by atoms with E-state index in [1.807, 2.05) is 32.3 Å². The van der Waals surface area contributed by atoms with Crippen molar-refractivity contribution in [3.05, 3.63) is 22.4 Å². The van der Waals surface area contributed by atoms with E-state index in [9.17, 15) is 9.59 Å². The largest absolute Gasteiger partial charge is 0.340 e. The van der Waals surface area contributed by atoms with Crippen LogP contribution in [0.25, 0.3) is 0 Å². The van der Waals surface area contributed by atoms with Crippen molar-refractivity contribution >= 4 is 35.6 Å². The van der Waals surface area contributed by atoms with Crippen LogP contribution in [-0.4, -0.2) is 48.9 Å². The SMILES string of the molecule is CC(C)C(NC(=O)c1cccs1)C(=O)N(C)C1CCNC1.Cl. The Bertz CT molecular complexity index is 487. The highest BCUT2D eigenvalue weighted by Crippen LogP contribution is 2.14. The fourth-order valence-electron chi connectivity index (χ4n) is 2.50. The molecular weight excluding hydrogens is 322 g/mol. The molecule has 1 aromatic rings. The van der Waals surface area contributed by atoms with E-state index in [-0.39, 0.29) is 36.2 Å². The molecule has 0 radical (unpaired) electrons. The molecule has 0 aliphatic carbocycles. The monoisotopic (exact) mass is 345 g/mol. The van der Waals surface area contributed by atoms with Crippen molar-refractivity contribution in [3.8, 4) is 0 Å². The van der Waals surface area contributed by atoms with Gasteiger partial charge in [-0.25, -0.2) is 0 Å². The zero-order valence-electron chi connectivity index (χ0n) is 13.2. The number of halogens is 1. The fourth-order valence-corrected chi connectivity index (χ4v) is 3.13. The third-order valence-electron chi connectivity index (χ3n) is 3.89. The van der Waals surface area contributed by atoms with Gasteiger partial charge in [-0.1, -0.05) is 19.9 Å². The summed E-state index contributed by atoms with van der Waals surface area (Å²) in [6.45, 7) is 5.68. The number of likely N-dealkylation sites (N-methyl/N-ethyl adjacent to an activating group) is 1. The first-order valence-corrected chi connectivity index (χ1v) is 8.20. The molecule has 1 aliphatic rings. The van der Waals surface area contributed by atoms with E-state index in [2.05, 4.69) is 10.6 Å². The van der Waals surface area contributed by atoms with Gasteiger partial charge in [0.15, 0.2) is 0 Å². The molecule has 2 heterocycles. The van der Waals surface area contributed by atoms with Gasteiger partial charge in [0, 0.05) is 19.6 Å². The summed E-state index contributed by atoms with van der Waals surface area (Å²) >= 11 is 1.38. The van der Waals surface area contributed by atoms with E-state index in [4.69, 9.17) is 0 Å². The summed E-state index contributed by atoms with van der Waals surface area (Å²) in [6, 6.07) is 3.34. The van der Waals surface area contributed by atoms with Crippen molar-refractivity contribution in [2.75, 3.05) is 20.1 Å². The van der Waals surface area contributed by atoms with Gasteiger partial charge >= 0.3 is 0 Å². The second-order valence-electron chi connectivity index (χ2n) is 5.77. The van der Waals surface area contributed by atoms with E-state index >= 15 is 0 Å². The second-order valence-corrected chi connectivity index (χ2v) is 6.72. The summed E-state index contributed by atoms with van der Waals surface area (Å²) in [5, 5.41) is 8.00. The average molecular weight is 346 g/mol. The van der Waals surface area contributed by atoms with Crippen molar-refractivity contribution in [1.29, 1.82) is 0 Å². The Balaban J connectivity index is 0.00000242. The van der Waals surface area contributed by atoms with Crippen LogP contribution in [0.15, 0.2) is 17.5 Å². The number of nitrogens with zero attached hydrogens (tertiary/aromatic N) is 1. The van der Waals surface area contributed by atoms with Crippen LogP contribution in [0.1, 0.15) is 29.9 Å². The molecule has 0 aromatic carbocycles. The Kier molecular flexibility index (Phi) is 7.32. The van der Waals surface area contributed by atoms with Gasteiger partial charge in [-0.05, 0) is 30.3 Å².